The molecule has 0 heterocycles. The van der Waals surface area contributed by atoms with Gasteiger partial charge in [0.15, 0.2) is 0 Å². The summed E-state index contributed by atoms with van der Waals surface area (Å²) >= 11 is 3.41. The number of carboxylic acid groups (broad SMARTS) is 1. The number of hydrogen-bond donors (Lipinski definition) is 2. The molecule has 0 bridgehead atoms. The fourth-order valence-corrected chi connectivity index (χ4v) is 1.86. The van der Waals surface area contributed by atoms with Crippen LogP contribution in [0.4, 0.5) is 0 Å². The number of rotatable bonds is 4. The quantitative estimate of drug-likeness (QED) is 0.836. The summed E-state index contributed by atoms with van der Waals surface area (Å²) in [5.41, 5.74) is 2.19. The maximum atomic E-state index is 10.5. The van der Waals surface area contributed by atoms with E-state index in [4.69, 9.17) is 5.11 Å². The number of halogens is 1. The van der Waals surface area contributed by atoms with Crippen LogP contribution >= 0.6 is 15.9 Å². The molecule has 0 saturated heterocycles. The molecule has 1 aromatic rings. The van der Waals surface area contributed by atoms with Gasteiger partial charge in [-0.1, -0.05) is 28.1 Å². The summed E-state index contributed by atoms with van der Waals surface area (Å²) in [6, 6.07) is 5.86. The van der Waals surface area contributed by atoms with Crippen molar-refractivity contribution in [2.75, 3.05) is 7.05 Å². The first kappa shape index (κ1) is 12.9. The number of carboxylic acids is 1. The molecule has 3 nitrogen and oxygen atoms in total. The lowest BCUT2D eigenvalue weighted by Crippen LogP contribution is -2.15. The van der Waals surface area contributed by atoms with Crippen LogP contribution in [0.5, 0.6) is 0 Å². The van der Waals surface area contributed by atoms with Gasteiger partial charge in [-0.3, -0.25) is 0 Å². The number of nitrogens with one attached hydrogen (secondary N) is 1. The average Bonchev–Trinajstić information content (AvgIpc) is 2.23. The van der Waals surface area contributed by atoms with E-state index in [0.29, 0.717) is 0 Å². The first-order valence-electron chi connectivity index (χ1n) is 4.89. The minimum absolute atomic E-state index is 0.0893. The number of likely N-dealkylation sites (N-methyl/N-ethyl adjacent to an activating group) is 1. The van der Waals surface area contributed by atoms with Crippen LogP contribution < -0.4 is 5.32 Å². The van der Waals surface area contributed by atoms with Crippen molar-refractivity contribution in [3.8, 4) is 0 Å². The van der Waals surface area contributed by atoms with E-state index in [0.717, 1.165) is 21.7 Å². The van der Waals surface area contributed by atoms with E-state index < -0.39 is 5.97 Å². The molecule has 1 atom stereocenters. The summed E-state index contributed by atoms with van der Waals surface area (Å²) in [6.07, 6.45) is 2.79. The Kier molecular flexibility index (Phi) is 4.71. The molecule has 1 aromatic carbocycles. The van der Waals surface area contributed by atoms with Crippen LogP contribution in [0.2, 0.25) is 0 Å². The largest absolute Gasteiger partial charge is 0.478 e. The van der Waals surface area contributed by atoms with Crippen molar-refractivity contribution in [2.24, 2.45) is 0 Å². The standard InChI is InChI=1S/C12H14BrNO2/c1-8-3-4-9(13)7-10(8)11(14-2)5-6-12(15)16/h3-7,11,14H,1-2H3,(H,15,16)/b6-5+. The maximum absolute atomic E-state index is 10.5. The zero-order valence-electron chi connectivity index (χ0n) is 9.20. The minimum atomic E-state index is -0.937. The molecule has 1 rings (SSSR count). The third kappa shape index (κ3) is 3.47. The number of aliphatic carboxylic acids is 1. The Labute approximate surface area is 103 Å². The van der Waals surface area contributed by atoms with E-state index in [-0.39, 0.29) is 6.04 Å². The summed E-state index contributed by atoms with van der Waals surface area (Å²) in [5, 5.41) is 11.7. The Bertz CT molecular complexity index is 415. The zero-order valence-corrected chi connectivity index (χ0v) is 10.8. The minimum Gasteiger partial charge on any atom is -0.478 e. The fourth-order valence-electron chi connectivity index (χ4n) is 1.48. The van der Waals surface area contributed by atoms with E-state index in [2.05, 4.69) is 21.2 Å². The van der Waals surface area contributed by atoms with Crippen LogP contribution in [0.25, 0.3) is 0 Å². The molecule has 0 amide bonds. The monoisotopic (exact) mass is 283 g/mol. The Balaban J connectivity index is 3.03. The molecule has 0 aliphatic carbocycles. The van der Waals surface area contributed by atoms with Gasteiger partial charge < -0.3 is 10.4 Å². The van der Waals surface area contributed by atoms with Gasteiger partial charge in [-0.2, -0.15) is 0 Å². The van der Waals surface area contributed by atoms with Crippen molar-refractivity contribution >= 4 is 21.9 Å². The lowest BCUT2D eigenvalue weighted by atomic mass is 10.0. The van der Waals surface area contributed by atoms with Crippen LogP contribution in [0.15, 0.2) is 34.8 Å². The molecule has 0 aliphatic rings. The third-order valence-corrected chi connectivity index (χ3v) is 2.81. The van der Waals surface area contributed by atoms with Crippen LogP contribution in [-0.4, -0.2) is 18.1 Å². The van der Waals surface area contributed by atoms with E-state index in [9.17, 15) is 4.79 Å². The van der Waals surface area contributed by atoms with E-state index in [1.54, 1.807) is 13.1 Å². The highest BCUT2D eigenvalue weighted by atomic mass is 79.9. The van der Waals surface area contributed by atoms with E-state index >= 15 is 0 Å². The Hall–Kier alpha value is -1.13. The van der Waals surface area contributed by atoms with Gasteiger partial charge in [-0.05, 0) is 37.2 Å². The van der Waals surface area contributed by atoms with Crippen molar-refractivity contribution in [1.29, 1.82) is 0 Å². The Morgan fingerprint density at radius 1 is 1.56 bits per heavy atom. The second-order valence-electron chi connectivity index (χ2n) is 3.46. The van der Waals surface area contributed by atoms with Gasteiger partial charge in [0.2, 0.25) is 0 Å². The number of aryl methyl sites for hydroxylation is 1. The lowest BCUT2D eigenvalue weighted by Gasteiger charge is -2.15. The average molecular weight is 284 g/mol. The molecular weight excluding hydrogens is 270 g/mol. The van der Waals surface area contributed by atoms with Crippen LogP contribution in [0.3, 0.4) is 0 Å². The molecule has 0 aliphatic heterocycles. The lowest BCUT2D eigenvalue weighted by molar-refractivity contribution is -0.131. The van der Waals surface area contributed by atoms with Gasteiger partial charge in [0.25, 0.3) is 0 Å². The first-order chi connectivity index (χ1) is 7.54. The van der Waals surface area contributed by atoms with E-state index in [1.807, 2.05) is 25.1 Å². The van der Waals surface area contributed by atoms with Gasteiger partial charge in [0, 0.05) is 10.5 Å². The SMILES string of the molecule is CNC(/C=C/C(=O)O)c1cc(Br)ccc1C. The Morgan fingerprint density at radius 2 is 2.25 bits per heavy atom. The van der Waals surface area contributed by atoms with Gasteiger partial charge in [-0.15, -0.1) is 0 Å². The fraction of sp³-hybridized carbons (Fsp3) is 0.250. The predicted molar refractivity (Wildman–Crippen MR) is 67.5 cm³/mol. The first-order valence-corrected chi connectivity index (χ1v) is 5.68. The summed E-state index contributed by atoms with van der Waals surface area (Å²) in [4.78, 5) is 10.5. The molecule has 0 spiro atoms. The molecule has 4 heteroatoms. The summed E-state index contributed by atoms with van der Waals surface area (Å²) < 4.78 is 0.983. The van der Waals surface area contributed by atoms with Crippen LogP contribution in [-0.2, 0) is 4.79 Å². The van der Waals surface area contributed by atoms with Gasteiger partial charge in [0.1, 0.15) is 0 Å². The zero-order chi connectivity index (χ0) is 12.1. The molecule has 0 aromatic heterocycles. The smallest absolute Gasteiger partial charge is 0.328 e. The number of benzene rings is 1. The van der Waals surface area contributed by atoms with Crippen molar-refractivity contribution < 1.29 is 9.90 Å². The van der Waals surface area contributed by atoms with Crippen molar-refractivity contribution in [3.63, 3.8) is 0 Å². The molecule has 0 fully saturated rings. The number of hydrogen-bond acceptors (Lipinski definition) is 2. The van der Waals surface area contributed by atoms with Gasteiger partial charge in [0.05, 0.1) is 6.04 Å². The van der Waals surface area contributed by atoms with Crippen molar-refractivity contribution in [3.05, 3.63) is 46.0 Å². The predicted octanol–water partition coefficient (Wildman–Crippen LogP) is 2.66. The molecule has 0 saturated carbocycles. The summed E-state index contributed by atoms with van der Waals surface area (Å²) in [6.45, 7) is 2.00. The molecule has 1 unspecified atom stereocenters. The highest BCUT2D eigenvalue weighted by Crippen LogP contribution is 2.22. The molecule has 2 N–H and O–H groups in total. The second-order valence-corrected chi connectivity index (χ2v) is 4.38. The summed E-state index contributed by atoms with van der Waals surface area (Å²) in [7, 11) is 1.80. The van der Waals surface area contributed by atoms with Crippen LogP contribution in [0, 0.1) is 6.92 Å². The van der Waals surface area contributed by atoms with E-state index in [1.165, 1.54) is 0 Å². The maximum Gasteiger partial charge on any atom is 0.328 e. The Morgan fingerprint density at radius 3 is 2.81 bits per heavy atom. The molecule has 16 heavy (non-hydrogen) atoms. The molecule has 0 radical (unpaired) electrons. The molecule has 86 valence electrons. The van der Waals surface area contributed by atoms with Gasteiger partial charge >= 0.3 is 5.97 Å². The second kappa shape index (κ2) is 5.82. The third-order valence-electron chi connectivity index (χ3n) is 2.32. The van der Waals surface area contributed by atoms with Crippen LogP contribution in [0.1, 0.15) is 17.2 Å². The van der Waals surface area contributed by atoms with Crippen molar-refractivity contribution in [1.82, 2.24) is 5.32 Å². The van der Waals surface area contributed by atoms with Crippen molar-refractivity contribution in [2.45, 2.75) is 13.0 Å². The highest BCUT2D eigenvalue weighted by molar-refractivity contribution is 9.10. The summed E-state index contributed by atoms with van der Waals surface area (Å²) in [5.74, 6) is -0.937. The normalized spacial score (nSPS) is 12.9. The molecular formula is C12H14BrNO2. The topological polar surface area (TPSA) is 49.3 Å². The van der Waals surface area contributed by atoms with Gasteiger partial charge in [-0.25, -0.2) is 4.79 Å². The highest BCUT2D eigenvalue weighted by Gasteiger charge is 2.09. The number of carbonyl (C=O) groups is 1.